The monoisotopic (exact) mass is 338 g/mol. The number of benzene rings is 1. The summed E-state index contributed by atoms with van der Waals surface area (Å²) < 4.78 is 15.9. The lowest BCUT2D eigenvalue weighted by atomic mass is 9.86. The van der Waals surface area contributed by atoms with E-state index in [0.29, 0.717) is 5.39 Å². The van der Waals surface area contributed by atoms with Crippen molar-refractivity contribution in [3.8, 4) is 5.75 Å². The van der Waals surface area contributed by atoms with Crippen LogP contribution in [0.1, 0.15) is 6.92 Å². The Morgan fingerprint density at radius 3 is 2.67 bits per heavy atom. The summed E-state index contributed by atoms with van der Waals surface area (Å²) in [5, 5.41) is 40.2. The van der Waals surface area contributed by atoms with Crippen LogP contribution in [0.25, 0.3) is 11.0 Å². The molecule has 0 bridgehead atoms. The van der Waals surface area contributed by atoms with Crippen molar-refractivity contribution in [2.75, 3.05) is 6.61 Å². The van der Waals surface area contributed by atoms with Crippen molar-refractivity contribution in [2.45, 2.75) is 37.1 Å². The van der Waals surface area contributed by atoms with Crippen LogP contribution >= 0.6 is 0 Å². The first-order chi connectivity index (χ1) is 11.3. The zero-order valence-corrected chi connectivity index (χ0v) is 12.8. The van der Waals surface area contributed by atoms with E-state index in [0.717, 1.165) is 0 Å². The van der Waals surface area contributed by atoms with Crippen molar-refractivity contribution in [2.24, 2.45) is 0 Å². The minimum atomic E-state index is -1.83. The second-order valence-electron chi connectivity index (χ2n) is 5.91. The molecule has 1 saturated heterocycles. The molecule has 0 unspecified atom stereocenters. The molecule has 8 nitrogen and oxygen atoms in total. The largest absolute Gasteiger partial charge is 0.462 e. The van der Waals surface area contributed by atoms with Gasteiger partial charge in [-0.25, -0.2) is 4.79 Å². The van der Waals surface area contributed by atoms with Crippen LogP contribution in [-0.4, -0.2) is 57.2 Å². The summed E-state index contributed by atoms with van der Waals surface area (Å²) in [4.78, 5) is 11.3. The average Bonchev–Trinajstić information content (AvgIpc) is 2.55. The van der Waals surface area contributed by atoms with E-state index in [-0.39, 0.29) is 11.3 Å². The van der Waals surface area contributed by atoms with Gasteiger partial charge in [0.1, 0.15) is 35.2 Å². The van der Waals surface area contributed by atoms with Crippen LogP contribution in [0.15, 0.2) is 39.5 Å². The summed E-state index contributed by atoms with van der Waals surface area (Å²) in [6.45, 7) is 0.686. The van der Waals surface area contributed by atoms with Gasteiger partial charge in [-0.1, -0.05) is 0 Å². The maximum atomic E-state index is 11.3. The third-order valence-corrected chi connectivity index (χ3v) is 4.16. The average molecular weight is 338 g/mol. The fraction of sp³-hybridized carbons (Fsp3) is 0.438. The van der Waals surface area contributed by atoms with E-state index in [1.807, 2.05) is 0 Å². The van der Waals surface area contributed by atoms with E-state index < -0.39 is 42.4 Å². The van der Waals surface area contributed by atoms with Crippen molar-refractivity contribution in [1.29, 1.82) is 0 Å². The topological polar surface area (TPSA) is 130 Å². The van der Waals surface area contributed by atoms with Gasteiger partial charge in [-0.2, -0.15) is 0 Å². The molecular formula is C16H18O8. The number of ether oxygens (including phenoxy) is 2. The van der Waals surface area contributed by atoms with Gasteiger partial charge in [0.05, 0.1) is 6.61 Å². The number of aliphatic hydroxyl groups excluding tert-OH is 3. The molecule has 5 atom stereocenters. The summed E-state index contributed by atoms with van der Waals surface area (Å²) in [6, 6.07) is 7.56. The lowest BCUT2D eigenvalue weighted by molar-refractivity contribution is -0.308. The summed E-state index contributed by atoms with van der Waals surface area (Å²) in [5.74, 6) is 0.228. The molecule has 8 heteroatoms. The fourth-order valence-electron chi connectivity index (χ4n) is 2.64. The molecule has 24 heavy (non-hydrogen) atoms. The number of hydrogen-bond donors (Lipinski definition) is 4. The number of rotatable bonds is 3. The van der Waals surface area contributed by atoms with Crippen molar-refractivity contribution < 1.29 is 34.3 Å². The summed E-state index contributed by atoms with van der Waals surface area (Å²) in [6.07, 6.45) is -5.57. The highest BCUT2D eigenvalue weighted by atomic mass is 16.7. The Hall–Kier alpha value is -1.97. The molecule has 2 heterocycles. The zero-order valence-electron chi connectivity index (χ0n) is 12.8. The lowest BCUT2D eigenvalue weighted by Gasteiger charge is -2.45. The van der Waals surface area contributed by atoms with E-state index in [9.17, 15) is 25.2 Å². The highest BCUT2D eigenvalue weighted by Gasteiger charge is 2.52. The van der Waals surface area contributed by atoms with E-state index >= 15 is 0 Å². The van der Waals surface area contributed by atoms with Gasteiger partial charge in [0.2, 0.25) is 6.29 Å². The van der Waals surface area contributed by atoms with Crippen LogP contribution in [0, 0.1) is 0 Å². The van der Waals surface area contributed by atoms with Gasteiger partial charge in [0.25, 0.3) is 0 Å². The molecule has 4 N–H and O–H groups in total. The van der Waals surface area contributed by atoms with E-state index in [1.54, 1.807) is 18.2 Å². The quantitative estimate of drug-likeness (QED) is 0.544. The second kappa shape index (κ2) is 6.15. The van der Waals surface area contributed by atoms with Gasteiger partial charge in [-0.3, -0.25) is 0 Å². The van der Waals surface area contributed by atoms with Crippen molar-refractivity contribution in [3.05, 3.63) is 40.8 Å². The Labute approximate surface area is 136 Å². The molecule has 2 aromatic rings. The van der Waals surface area contributed by atoms with Crippen molar-refractivity contribution in [3.63, 3.8) is 0 Å². The predicted molar refractivity (Wildman–Crippen MR) is 81.5 cm³/mol. The molecule has 3 rings (SSSR count). The van der Waals surface area contributed by atoms with Gasteiger partial charge in [-0.15, -0.1) is 0 Å². The van der Waals surface area contributed by atoms with Gasteiger partial charge < -0.3 is 34.3 Å². The Bertz CT molecular complexity index is 779. The minimum absolute atomic E-state index is 0.228. The van der Waals surface area contributed by atoms with Gasteiger partial charge in [-0.05, 0) is 25.1 Å². The second-order valence-corrected chi connectivity index (χ2v) is 5.91. The SMILES string of the molecule is C[C@@]1(O)[C@H](O)[C@@H](O)[C@H](Oc2ccc3ccc(=O)oc3c2)O[C@@H]1CO. The van der Waals surface area contributed by atoms with Crippen LogP contribution in [0.3, 0.4) is 0 Å². The third kappa shape index (κ3) is 2.90. The summed E-state index contributed by atoms with van der Waals surface area (Å²) in [5.41, 5.74) is -2.05. The minimum Gasteiger partial charge on any atom is -0.462 e. The number of aliphatic hydroxyl groups is 4. The third-order valence-electron chi connectivity index (χ3n) is 4.16. The summed E-state index contributed by atoms with van der Waals surface area (Å²) in [7, 11) is 0. The van der Waals surface area contributed by atoms with Gasteiger partial charge >= 0.3 is 5.63 Å². The Morgan fingerprint density at radius 1 is 1.25 bits per heavy atom. The molecular weight excluding hydrogens is 320 g/mol. The lowest BCUT2D eigenvalue weighted by Crippen LogP contribution is -2.66. The first kappa shape index (κ1) is 16.9. The number of hydrogen-bond acceptors (Lipinski definition) is 8. The Kier molecular flexibility index (Phi) is 4.33. The maximum absolute atomic E-state index is 11.3. The Morgan fingerprint density at radius 2 is 1.96 bits per heavy atom. The van der Waals surface area contributed by atoms with Crippen LogP contribution in [-0.2, 0) is 4.74 Å². The van der Waals surface area contributed by atoms with Crippen LogP contribution in [0.2, 0.25) is 0 Å². The fourth-order valence-corrected chi connectivity index (χ4v) is 2.64. The van der Waals surface area contributed by atoms with Crippen molar-refractivity contribution >= 4 is 11.0 Å². The van der Waals surface area contributed by atoms with Crippen LogP contribution in [0.4, 0.5) is 0 Å². The highest BCUT2D eigenvalue weighted by Crippen LogP contribution is 2.31. The molecule has 1 aromatic heterocycles. The van der Waals surface area contributed by atoms with E-state index in [4.69, 9.17) is 13.9 Å². The molecule has 0 radical (unpaired) electrons. The van der Waals surface area contributed by atoms with E-state index in [1.165, 1.54) is 19.1 Å². The van der Waals surface area contributed by atoms with Gasteiger partial charge in [0.15, 0.2) is 0 Å². The molecule has 1 aliphatic heterocycles. The molecule has 0 saturated carbocycles. The molecule has 0 spiro atoms. The predicted octanol–water partition coefficient (Wildman–Crippen LogP) is -0.638. The normalized spacial score (nSPS) is 33.5. The summed E-state index contributed by atoms with van der Waals surface area (Å²) >= 11 is 0. The van der Waals surface area contributed by atoms with Crippen LogP contribution in [0.5, 0.6) is 5.75 Å². The molecule has 1 aliphatic rings. The first-order valence-corrected chi connectivity index (χ1v) is 7.38. The standard InChI is InChI=1S/C16H18O8/c1-16(21)11(7-17)24-15(13(19)14(16)20)22-9-4-2-8-3-5-12(18)23-10(8)6-9/h2-6,11,13-15,17,19-21H,7H2,1H3/t11-,13-,14-,15-,16+/m1/s1. The first-order valence-electron chi connectivity index (χ1n) is 7.38. The zero-order chi connectivity index (χ0) is 17.5. The molecule has 130 valence electrons. The van der Waals surface area contributed by atoms with Crippen molar-refractivity contribution in [1.82, 2.24) is 0 Å². The van der Waals surface area contributed by atoms with Crippen LogP contribution < -0.4 is 10.4 Å². The smallest absolute Gasteiger partial charge is 0.336 e. The molecule has 0 amide bonds. The molecule has 1 aromatic carbocycles. The highest BCUT2D eigenvalue weighted by molar-refractivity contribution is 5.77. The van der Waals surface area contributed by atoms with E-state index in [2.05, 4.69) is 0 Å². The molecule has 0 aliphatic carbocycles. The number of fused-ring (bicyclic) bond motifs is 1. The molecule has 1 fully saturated rings. The Balaban J connectivity index is 1.86. The van der Waals surface area contributed by atoms with Gasteiger partial charge in [0, 0.05) is 17.5 Å². The maximum Gasteiger partial charge on any atom is 0.336 e.